The van der Waals surface area contributed by atoms with Crippen LogP contribution in [0.1, 0.15) is 44.9 Å². The number of rotatable bonds is 8. The molecule has 158 valence electrons. The van der Waals surface area contributed by atoms with E-state index in [1.807, 2.05) is 0 Å². The topological polar surface area (TPSA) is 82.7 Å². The Kier molecular flexibility index (Phi) is 5.84. The summed E-state index contributed by atoms with van der Waals surface area (Å²) in [6.07, 6.45) is 3.44. The Bertz CT molecular complexity index is 596. The zero-order chi connectivity index (χ0) is 19.8. The van der Waals surface area contributed by atoms with Crippen LogP contribution in [0.3, 0.4) is 0 Å². The summed E-state index contributed by atoms with van der Waals surface area (Å²) in [5.41, 5.74) is 2.73. The zero-order valence-electron chi connectivity index (χ0n) is 16.1. The number of halogens is 2. The minimum atomic E-state index is -1.07. The molecule has 9 heteroatoms. The highest BCUT2D eigenvalue weighted by Gasteiger charge is 2.72. The quantitative estimate of drug-likeness (QED) is 0.511. The smallest absolute Gasteiger partial charge is 0.246 e. The fourth-order valence-electron chi connectivity index (χ4n) is 5.15. The first-order valence-corrected chi connectivity index (χ1v) is 10.8. The molecule has 0 aromatic rings. The average molecular weight is 417 g/mol. The highest BCUT2D eigenvalue weighted by atomic mass is 35.5. The Morgan fingerprint density at radius 2 is 2.07 bits per heavy atom. The van der Waals surface area contributed by atoms with E-state index < -0.39 is 11.5 Å². The molecular formula is C19H30ClFN4O3. The molecule has 2 amide bonds. The molecule has 0 aromatic heterocycles. The van der Waals surface area contributed by atoms with E-state index in [1.54, 1.807) is 0 Å². The number of alkyl halides is 2. The molecule has 1 heterocycles. The van der Waals surface area contributed by atoms with Crippen LogP contribution in [0.4, 0.5) is 4.39 Å². The number of hydrazine groups is 1. The van der Waals surface area contributed by atoms with Gasteiger partial charge in [0, 0.05) is 38.1 Å². The van der Waals surface area contributed by atoms with Crippen molar-refractivity contribution >= 4 is 23.4 Å². The molecule has 5 rings (SSSR count). The van der Waals surface area contributed by atoms with E-state index in [-0.39, 0.29) is 41.9 Å². The lowest BCUT2D eigenvalue weighted by atomic mass is 9.39. The number of hydrogen-bond acceptors (Lipinski definition) is 5. The Balaban J connectivity index is 1.11. The second-order valence-electron chi connectivity index (χ2n) is 8.92. The molecule has 3 unspecified atom stereocenters. The van der Waals surface area contributed by atoms with E-state index in [0.717, 1.165) is 26.1 Å². The van der Waals surface area contributed by atoms with E-state index in [1.165, 1.54) is 0 Å². The molecule has 0 spiro atoms. The summed E-state index contributed by atoms with van der Waals surface area (Å²) < 4.78 is 19.2. The molecule has 1 aliphatic heterocycles. The third-order valence-electron chi connectivity index (χ3n) is 6.62. The lowest BCUT2D eigenvalue weighted by Gasteiger charge is -2.69. The first kappa shape index (κ1) is 20.3. The predicted octanol–water partition coefficient (Wildman–Crippen LogP) is 0.866. The molecule has 1 saturated heterocycles. The molecule has 4 aliphatic carbocycles. The van der Waals surface area contributed by atoms with Gasteiger partial charge in [0.05, 0.1) is 16.9 Å². The highest BCUT2D eigenvalue weighted by Crippen LogP contribution is 2.67. The first-order chi connectivity index (χ1) is 13.4. The van der Waals surface area contributed by atoms with Gasteiger partial charge in [-0.25, -0.2) is 9.40 Å². The van der Waals surface area contributed by atoms with Crippen LogP contribution in [0, 0.1) is 5.41 Å². The van der Waals surface area contributed by atoms with Crippen LogP contribution in [0.2, 0.25) is 0 Å². The van der Waals surface area contributed by atoms with Crippen molar-refractivity contribution in [2.75, 3.05) is 32.8 Å². The summed E-state index contributed by atoms with van der Waals surface area (Å²) in [7, 11) is 0. The van der Waals surface area contributed by atoms with E-state index in [4.69, 9.17) is 16.3 Å². The van der Waals surface area contributed by atoms with Crippen LogP contribution >= 0.6 is 11.6 Å². The monoisotopic (exact) mass is 416 g/mol. The molecule has 28 heavy (non-hydrogen) atoms. The van der Waals surface area contributed by atoms with Gasteiger partial charge >= 0.3 is 0 Å². The van der Waals surface area contributed by atoms with Gasteiger partial charge in [-0.05, 0) is 38.5 Å². The number of carbonyl (C=O) groups excluding carboxylic acids is 2. The van der Waals surface area contributed by atoms with E-state index in [0.29, 0.717) is 38.6 Å². The van der Waals surface area contributed by atoms with E-state index in [9.17, 15) is 14.0 Å². The molecule has 3 N–H and O–H groups in total. The number of nitrogens with zero attached hydrogens (tertiary/aromatic N) is 1. The summed E-state index contributed by atoms with van der Waals surface area (Å²) in [6.45, 7) is 3.42. The number of carbonyl (C=O) groups is 2. The average Bonchev–Trinajstić information content (AvgIpc) is 3.11. The summed E-state index contributed by atoms with van der Waals surface area (Å²) in [4.78, 5) is 24.6. The Labute approximate surface area is 170 Å². The van der Waals surface area contributed by atoms with Gasteiger partial charge in [-0.15, -0.1) is 11.6 Å². The molecule has 4 saturated carbocycles. The van der Waals surface area contributed by atoms with Gasteiger partial charge in [-0.2, -0.15) is 0 Å². The standard InChI is InChI=1S/C19H30ClFN4O3/c20-14-3-2-13(8-15(14)21)28-9-16(26)24-19-10-18(11-19,12-19)17(27)22-5-7-25-6-1-4-23-25/h13-15,23H,1-12H2,(H,22,27)(H,24,26). The second-order valence-corrected chi connectivity index (χ2v) is 9.48. The van der Waals surface area contributed by atoms with Crippen LogP contribution in [0.15, 0.2) is 0 Å². The minimum Gasteiger partial charge on any atom is -0.368 e. The maximum atomic E-state index is 13.6. The van der Waals surface area contributed by atoms with Crippen LogP contribution < -0.4 is 16.1 Å². The van der Waals surface area contributed by atoms with Crippen molar-refractivity contribution in [2.24, 2.45) is 5.41 Å². The van der Waals surface area contributed by atoms with Crippen molar-refractivity contribution in [1.29, 1.82) is 0 Å². The largest absolute Gasteiger partial charge is 0.368 e. The van der Waals surface area contributed by atoms with Crippen LogP contribution in [-0.4, -0.2) is 72.8 Å². The normalized spacial score (nSPS) is 39.7. The molecule has 0 radical (unpaired) electrons. The van der Waals surface area contributed by atoms with Crippen LogP contribution in [0.5, 0.6) is 0 Å². The number of amides is 2. The lowest BCUT2D eigenvalue weighted by Crippen LogP contribution is -2.78. The summed E-state index contributed by atoms with van der Waals surface area (Å²) >= 11 is 5.87. The van der Waals surface area contributed by atoms with E-state index in [2.05, 4.69) is 21.1 Å². The summed E-state index contributed by atoms with van der Waals surface area (Å²) in [5, 5.41) is 7.74. The number of ether oxygens (including phenoxy) is 1. The van der Waals surface area contributed by atoms with Crippen molar-refractivity contribution in [1.82, 2.24) is 21.1 Å². The van der Waals surface area contributed by atoms with E-state index >= 15 is 0 Å². The van der Waals surface area contributed by atoms with Gasteiger partial charge in [-0.3, -0.25) is 15.0 Å². The Morgan fingerprint density at radius 3 is 2.75 bits per heavy atom. The minimum absolute atomic E-state index is 0.0614. The second kappa shape index (κ2) is 8.05. The molecule has 2 bridgehead atoms. The van der Waals surface area contributed by atoms with Crippen molar-refractivity contribution in [2.45, 2.75) is 68.1 Å². The van der Waals surface area contributed by atoms with Crippen molar-refractivity contribution in [3.05, 3.63) is 0 Å². The first-order valence-electron chi connectivity index (χ1n) is 10.4. The molecule has 5 fully saturated rings. The lowest BCUT2D eigenvalue weighted by molar-refractivity contribution is -0.184. The van der Waals surface area contributed by atoms with Crippen molar-refractivity contribution < 1.29 is 18.7 Å². The molecule has 3 atom stereocenters. The number of nitrogens with one attached hydrogen (secondary N) is 3. The highest BCUT2D eigenvalue weighted by molar-refractivity contribution is 6.21. The molecule has 0 aromatic carbocycles. The SMILES string of the molecule is O=C(COC1CCC(Cl)C(F)C1)NC12CC(C(=O)NCCN3CCCN3)(C1)C2. The fraction of sp³-hybridized carbons (Fsp3) is 0.895. The van der Waals surface area contributed by atoms with Crippen molar-refractivity contribution in [3.63, 3.8) is 0 Å². The van der Waals surface area contributed by atoms with Gasteiger partial charge < -0.3 is 15.4 Å². The summed E-state index contributed by atoms with van der Waals surface area (Å²) in [5.74, 6) is -0.0805. The van der Waals surface area contributed by atoms with Gasteiger partial charge in [-0.1, -0.05) is 0 Å². The van der Waals surface area contributed by atoms with Gasteiger partial charge in [0.1, 0.15) is 12.8 Å². The van der Waals surface area contributed by atoms with Crippen molar-refractivity contribution in [3.8, 4) is 0 Å². The van der Waals surface area contributed by atoms with Gasteiger partial charge in [0.2, 0.25) is 11.8 Å². The van der Waals surface area contributed by atoms with Gasteiger partial charge in [0.25, 0.3) is 0 Å². The zero-order valence-corrected chi connectivity index (χ0v) is 16.9. The maximum absolute atomic E-state index is 13.6. The third kappa shape index (κ3) is 4.15. The molecule has 7 nitrogen and oxygen atoms in total. The molecule has 5 aliphatic rings. The Morgan fingerprint density at radius 1 is 1.29 bits per heavy atom. The summed E-state index contributed by atoms with van der Waals surface area (Å²) in [6, 6.07) is 0. The van der Waals surface area contributed by atoms with Crippen LogP contribution in [0.25, 0.3) is 0 Å². The maximum Gasteiger partial charge on any atom is 0.246 e. The molecular weight excluding hydrogens is 387 g/mol. The third-order valence-corrected chi connectivity index (χ3v) is 7.11. The van der Waals surface area contributed by atoms with Gasteiger partial charge in [0.15, 0.2) is 0 Å². The number of hydrogen-bond donors (Lipinski definition) is 3. The Hall–Kier alpha value is -0.960. The predicted molar refractivity (Wildman–Crippen MR) is 102 cm³/mol. The van der Waals surface area contributed by atoms with Crippen LogP contribution in [-0.2, 0) is 14.3 Å². The fourth-order valence-corrected chi connectivity index (χ4v) is 5.38.